The third-order valence-corrected chi connectivity index (χ3v) is 12.9. The van der Waals surface area contributed by atoms with Crippen LogP contribution in [0.4, 0.5) is 0 Å². The van der Waals surface area contributed by atoms with E-state index in [0.717, 1.165) is 44.3 Å². The molecule has 1 aromatic carbocycles. The first kappa shape index (κ1) is 24.6. The molecule has 1 aromatic rings. The molecule has 3 heterocycles. The van der Waals surface area contributed by atoms with Crippen molar-refractivity contribution < 1.29 is 33.5 Å². The number of fused-ring (bicyclic) bond motifs is 9. The van der Waals surface area contributed by atoms with Crippen LogP contribution in [0.2, 0.25) is 0 Å². The van der Waals surface area contributed by atoms with Crippen LogP contribution in [-0.2, 0) is 29.3 Å². The van der Waals surface area contributed by atoms with Crippen LogP contribution in [0.25, 0.3) is 0 Å². The molecule has 0 unspecified atom stereocenters. The van der Waals surface area contributed by atoms with Gasteiger partial charge in [0, 0.05) is 30.6 Å². The second kappa shape index (κ2) is 7.34. The fraction of sp³-hybridized carbons (Fsp3) is 0.806. The van der Waals surface area contributed by atoms with E-state index in [2.05, 4.69) is 45.0 Å². The lowest BCUT2D eigenvalue weighted by Gasteiger charge is -2.69. The fourth-order valence-electron chi connectivity index (χ4n) is 11.3. The van der Waals surface area contributed by atoms with Crippen molar-refractivity contribution >= 4 is 0 Å². The Bertz CT molecular complexity index is 1140. The van der Waals surface area contributed by atoms with Crippen LogP contribution in [0.1, 0.15) is 71.3 Å². The Morgan fingerprint density at radius 1 is 0.842 bits per heavy atom. The van der Waals surface area contributed by atoms with Crippen molar-refractivity contribution in [1.29, 1.82) is 0 Å². The molecular weight excluding hydrogens is 484 g/mol. The molecule has 7 fully saturated rings. The van der Waals surface area contributed by atoms with Gasteiger partial charge in [-0.25, -0.2) is 0 Å². The maximum Gasteiger partial charge on any atom is 0.176 e. The van der Waals surface area contributed by atoms with E-state index in [9.17, 15) is 5.11 Å². The van der Waals surface area contributed by atoms with E-state index in [-0.39, 0.29) is 28.3 Å². The average Bonchev–Trinajstić information content (AvgIpc) is 3.20. The van der Waals surface area contributed by atoms with Crippen LogP contribution in [-0.4, -0.2) is 61.9 Å². The number of hydrogen-bond acceptors (Lipinski definition) is 7. The minimum absolute atomic E-state index is 0.0406. The summed E-state index contributed by atoms with van der Waals surface area (Å²) in [4.78, 5) is 0. The smallest absolute Gasteiger partial charge is 0.176 e. The summed E-state index contributed by atoms with van der Waals surface area (Å²) in [5.74, 6) is 0.111. The van der Waals surface area contributed by atoms with Crippen molar-refractivity contribution in [3.63, 3.8) is 0 Å². The van der Waals surface area contributed by atoms with Crippen LogP contribution in [0, 0.1) is 28.1 Å². The van der Waals surface area contributed by atoms with Gasteiger partial charge in [-0.15, -0.1) is 0 Å². The highest BCUT2D eigenvalue weighted by Crippen LogP contribution is 2.84. The minimum Gasteiger partial charge on any atom is -0.497 e. The third-order valence-electron chi connectivity index (χ3n) is 12.9. The highest BCUT2D eigenvalue weighted by atomic mass is 16.7. The zero-order chi connectivity index (χ0) is 26.2. The molecule has 7 nitrogen and oxygen atoms in total. The molecule has 8 rings (SSSR count). The molecule has 4 saturated carbocycles. The van der Waals surface area contributed by atoms with Crippen LogP contribution >= 0.6 is 0 Å². The van der Waals surface area contributed by atoms with Crippen molar-refractivity contribution in [1.82, 2.24) is 0 Å². The summed E-state index contributed by atoms with van der Waals surface area (Å²) in [7, 11) is 1.71. The quantitative estimate of drug-likeness (QED) is 0.567. The molecule has 208 valence electrons. The van der Waals surface area contributed by atoms with Crippen LogP contribution < -0.4 is 4.74 Å². The minimum atomic E-state index is -0.889. The predicted octanol–water partition coefficient (Wildman–Crippen LogP) is 4.54. The molecule has 0 amide bonds. The molecule has 0 radical (unpaired) electrons. The monoisotopic (exact) mass is 526 g/mol. The molecule has 7 aliphatic rings. The van der Waals surface area contributed by atoms with Gasteiger partial charge < -0.3 is 33.5 Å². The number of benzene rings is 1. The van der Waals surface area contributed by atoms with Gasteiger partial charge in [-0.3, -0.25) is 0 Å². The summed E-state index contributed by atoms with van der Waals surface area (Å²) in [5, 5.41) is 12.6. The van der Waals surface area contributed by atoms with E-state index in [1.165, 1.54) is 5.56 Å². The summed E-state index contributed by atoms with van der Waals surface area (Å²) in [6.45, 7) is 9.72. The summed E-state index contributed by atoms with van der Waals surface area (Å²) in [6.07, 6.45) is 5.79. The van der Waals surface area contributed by atoms with Crippen LogP contribution in [0.5, 0.6) is 5.75 Å². The summed E-state index contributed by atoms with van der Waals surface area (Å²) in [6, 6.07) is 8.47. The van der Waals surface area contributed by atoms with Gasteiger partial charge in [0.15, 0.2) is 11.6 Å². The first-order chi connectivity index (χ1) is 18.1. The van der Waals surface area contributed by atoms with Crippen molar-refractivity contribution in [2.75, 3.05) is 33.5 Å². The fourth-order valence-corrected chi connectivity index (χ4v) is 11.3. The van der Waals surface area contributed by atoms with E-state index in [1.54, 1.807) is 7.11 Å². The largest absolute Gasteiger partial charge is 0.497 e. The summed E-state index contributed by atoms with van der Waals surface area (Å²) in [5.41, 5.74) is -0.913. The maximum atomic E-state index is 12.6. The molecule has 2 spiro atoms. The van der Waals surface area contributed by atoms with E-state index in [0.29, 0.717) is 38.8 Å². The first-order valence-corrected chi connectivity index (χ1v) is 14.7. The molecule has 7 heteroatoms. The van der Waals surface area contributed by atoms with Gasteiger partial charge in [0.25, 0.3) is 0 Å². The number of epoxide rings is 1. The number of hydrogen-bond donors (Lipinski definition) is 1. The topological polar surface area (TPSA) is 78.9 Å². The number of ether oxygens (including phenoxy) is 6. The van der Waals surface area contributed by atoms with E-state index in [1.807, 2.05) is 0 Å². The Balaban J connectivity index is 1.31. The molecular formula is C31H42O7. The highest BCUT2D eigenvalue weighted by molar-refractivity contribution is 5.43. The lowest BCUT2D eigenvalue weighted by Crippen LogP contribution is -2.72. The van der Waals surface area contributed by atoms with Crippen molar-refractivity contribution in [3.8, 4) is 5.75 Å². The van der Waals surface area contributed by atoms with E-state index in [4.69, 9.17) is 28.4 Å². The van der Waals surface area contributed by atoms with Gasteiger partial charge in [-0.2, -0.15) is 0 Å². The SMILES string of the molecule is COc1ccc([C@@]23O[C@@H]2[C@@]2(C)[C@@H](CCC24OCCO4)[C@]2(C)CC[C@@]4(O)CC5(CC[C@]4(C)[C@H]23)OCCO5)cc1. The molecule has 0 aromatic heterocycles. The Hall–Kier alpha value is -1.22. The number of rotatable bonds is 2. The van der Waals surface area contributed by atoms with Gasteiger partial charge in [-0.05, 0) is 54.7 Å². The lowest BCUT2D eigenvalue weighted by atomic mass is 9.35. The highest BCUT2D eigenvalue weighted by Gasteiger charge is 2.88. The molecule has 1 N–H and O–H groups in total. The zero-order valence-electron chi connectivity index (χ0n) is 23.2. The van der Waals surface area contributed by atoms with E-state index >= 15 is 0 Å². The van der Waals surface area contributed by atoms with Crippen molar-refractivity contribution in [2.24, 2.45) is 28.1 Å². The number of aliphatic hydroxyl groups is 1. The zero-order valence-corrected chi connectivity index (χ0v) is 23.2. The lowest BCUT2D eigenvalue weighted by molar-refractivity contribution is -0.311. The van der Waals surface area contributed by atoms with E-state index < -0.39 is 22.8 Å². The molecule has 38 heavy (non-hydrogen) atoms. The summed E-state index contributed by atoms with van der Waals surface area (Å²) >= 11 is 0. The molecule has 0 bridgehead atoms. The Labute approximate surface area is 225 Å². The first-order valence-electron chi connectivity index (χ1n) is 14.7. The van der Waals surface area contributed by atoms with Gasteiger partial charge in [0.1, 0.15) is 17.5 Å². The van der Waals surface area contributed by atoms with Gasteiger partial charge >= 0.3 is 0 Å². The van der Waals surface area contributed by atoms with Gasteiger partial charge in [0.2, 0.25) is 0 Å². The van der Waals surface area contributed by atoms with Crippen molar-refractivity contribution in [3.05, 3.63) is 29.8 Å². The normalized spacial score (nSPS) is 51.3. The van der Waals surface area contributed by atoms with Crippen molar-refractivity contribution in [2.45, 2.75) is 94.6 Å². The van der Waals surface area contributed by atoms with Crippen LogP contribution in [0.3, 0.4) is 0 Å². The third kappa shape index (κ3) is 2.59. The summed E-state index contributed by atoms with van der Waals surface area (Å²) < 4.78 is 38.1. The predicted molar refractivity (Wildman–Crippen MR) is 137 cm³/mol. The maximum absolute atomic E-state index is 12.6. The standard InChI is InChI=1S/C31H42O7/c1-25-11-13-28(32)19-29(34-15-16-35-29)14-12-26(28,2)23(25)31(20-5-7-21(33-4)8-6-20)24(38-31)27(3)22(25)9-10-30(27)36-17-18-37-30/h5-8,22-24,32H,9-19H2,1-4H3/t22-,23-,24+,25-,26+,27+,28+,31-/m0/s1. The number of methoxy groups -OCH3 is 1. The molecule has 4 aliphatic carbocycles. The Morgan fingerprint density at radius 2 is 1.53 bits per heavy atom. The van der Waals surface area contributed by atoms with Crippen LogP contribution in [0.15, 0.2) is 24.3 Å². The Kier molecular flexibility index (Phi) is 4.75. The van der Waals surface area contributed by atoms with Gasteiger partial charge in [0.05, 0.1) is 44.6 Å². The average molecular weight is 527 g/mol. The molecule has 3 aliphatic heterocycles. The van der Waals surface area contributed by atoms with Gasteiger partial charge in [-0.1, -0.05) is 32.9 Å². The second-order valence-corrected chi connectivity index (χ2v) is 14.0. The second-order valence-electron chi connectivity index (χ2n) is 14.0. The Morgan fingerprint density at radius 3 is 2.21 bits per heavy atom. The molecule has 3 saturated heterocycles. The molecule has 8 atom stereocenters.